The van der Waals surface area contributed by atoms with Crippen LogP contribution >= 0.6 is 0 Å². The topological polar surface area (TPSA) is 164 Å². The van der Waals surface area contributed by atoms with Gasteiger partial charge in [0, 0.05) is 5.56 Å². The van der Waals surface area contributed by atoms with Gasteiger partial charge in [-0.15, -0.1) is 10.2 Å². The normalized spacial score (nSPS) is 9.37. The molecule has 1 aromatic carbocycles. The highest BCUT2D eigenvalue weighted by atomic mass is 16.0. The van der Waals surface area contributed by atoms with E-state index in [9.17, 15) is 0 Å². The van der Waals surface area contributed by atoms with Gasteiger partial charge in [0.1, 0.15) is 0 Å². The zero-order chi connectivity index (χ0) is 13.0. The number of hydrogen-bond donors (Lipinski definition) is 4. The quantitative estimate of drug-likeness (QED) is 0.343. The molecule has 0 aliphatic rings. The molecule has 0 radical (unpaired) electrons. The van der Waals surface area contributed by atoms with Crippen LogP contribution in [0, 0.1) is 0 Å². The zero-order valence-electron chi connectivity index (χ0n) is 10.0. The first kappa shape index (κ1) is 14.5. The van der Waals surface area contributed by atoms with E-state index in [0.29, 0.717) is 11.5 Å². The lowest BCUT2D eigenvalue weighted by Gasteiger charge is -1.98. The standard InChI is InChI=1S/C11H9N5.H4N2.H2O/c12-10-8-6-9(7-4-2-1-3-5-7)13-15-11(8)16-14-10;1-2;/h1-6H,(H3,12,14,15,16);1-2H2;1H2. The predicted molar refractivity (Wildman–Crippen MR) is 73.5 cm³/mol. The molecule has 0 saturated carbocycles. The minimum Gasteiger partial charge on any atom is -0.412 e. The van der Waals surface area contributed by atoms with Gasteiger partial charge >= 0.3 is 0 Å². The van der Waals surface area contributed by atoms with Gasteiger partial charge in [0.2, 0.25) is 0 Å². The van der Waals surface area contributed by atoms with Crippen molar-refractivity contribution in [3.63, 3.8) is 0 Å². The number of anilines is 1. The Labute approximate surface area is 108 Å². The molecule has 2 aromatic heterocycles. The summed E-state index contributed by atoms with van der Waals surface area (Å²) >= 11 is 0. The minimum absolute atomic E-state index is 0. The van der Waals surface area contributed by atoms with Crippen molar-refractivity contribution in [3.05, 3.63) is 36.4 Å². The molecule has 8 nitrogen and oxygen atoms in total. The number of aromatic amines is 1. The van der Waals surface area contributed by atoms with Crippen molar-refractivity contribution in [3.8, 4) is 11.3 Å². The van der Waals surface area contributed by atoms with Crippen molar-refractivity contribution in [2.24, 2.45) is 11.7 Å². The number of nitrogens with one attached hydrogen (secondary N) is 1. The van der Waals surface area contributed by atoms with E-state index in [1.807, 2.05) is 36.4 Å². The van der Waals surface area contributed by atoms with Crippen molar-refractivity contribution in [1.82, 2.24) is 20.4 Å². The second-order valence-electron chi connectivity index (χ2n) is 3.47. The number of rotatable bonds is 1. The van der Waals surface area contributed by atoms with Crippen LogP contribution in [0.2, 0.25) is 0 Å². The van der Waals surface area contributed by atoms with Crippen LogP contribution in [0.15, 0.2) is 36.4 Å². The highest BCUT2D eigenvalue weighted by Crippen LogP contribution is 2.21. The Morgan fingerprint density at radius 2 is 1.68 bits per heavy atom. The number of benzene rings is 1. The van der Waals surface area contributed by atoms with Gasteiger partial charge in [-0.1, -0.05) is 30.3 Å². The molecular weight excluding hydrogens is 246 g/mol. The lowest BCUT2D eigenvalue weighted by molar-refractivity contribution is 0.824. The maximum atomic E-state index is 5.71. The Hall–Kier alpha value is -2.55. The SMILES string of the molecule is NN.Nc1n[nH]c2nnc(-c3ccccc3)cc12.O. The first-order chi connectivity index (χ1) is 8.84. The third-order valence-corrected chi connectivity index (χ3v) is 2.42. The van der Waals surface area contributed by atoms with Crippen LogP contribution < -0.4 is 17.4 Å². The van der Waals surface area contributed by atoms with Gasteiger partial charge in [0.15, 0.2) is 11.5 Å². The average Bonchev–Trinajstić information content (AvgIpc) is 2.83. The summed E-state index contributed by atoms with van der Waals surface area (Å²) in [7, 11) is 0. The lowest BCUT2D eigenvalue weighted by Crippen LogP contribution is -2.02. The second-order valence-corrected chi connectivity index (χ2v) is 3.47. The summed E-state index contributed by atoms with van der Waals surface area (Å²) in [6.07, 6.45) is 0. The Balaban J connectivity index is 0.000000576. The Morgan fingerprint density at radius 1 is 1.00 bits per heavy atom. The molecule has 0 atom stereocenters. The van der Waals surface area contributed by atoms with Gasteiger partial charge in [0.25, 0.3) is 0 Å². The maximum Gasteiger partial charge on any atom is 0.180 e. The molecule has 0 unspecified atom stereocenters. The van der Waals surface area contributed by atoms with Crippen LogP contribution in [0.4, 0.5) is 5.82 Å². The van der Waals surface area contributed by atoms with Crippen molar-refractivity contribution >= 4 is 16.9 Å². The smallest absolute Gasteiger partial charge is 0.180 e. The predicted octanol–water partition coefficient (Wildman–Crippen LogP) is -0.404. The third kappa shape index (κ3) is 2.83. The van der Waals surface area contributed by atoms with Crippen LogP contribution in [-0.2, 0) is 0 Å². The molecule has 0 aliphatic heterocycles. The van der Waals surface area contributed by atoms with Crippen molar-refractivity contribution in [2.75, 3.05) is 5.73 Å². The Kier molecular flexibility index (Phi) is 4.89. The van der Waals surface area contributed by atoms with E-state index in [1.54, 1.807) is 0 Å². The van der Waals surface area contributed by atoms with Crippen LogP contribution in [-0.4, -0.2) is 25.9 Å². The molecule has 3 aromatic rings. The molecule has 8 heteroatoms. The van der Waals surface area contributed by atoms with Crippen LogP contribution in [0.1, 0.15) is 0 Å². The molecule has 2 heterocycles. The van der Waals surface area contributed by atoms with Gasteiger partial charge in [-0.05, 0) is 6.07 Å². The summed E-state index contributed by atoms with van der Waals surface area (Å²) in [6, 6.07) is 11.7. The molecule has 3 rings (SSSR count). The maximum absolute atomic E-state index is 5.71. The summed E-state index contributed by atoms with van der Waals surface area (Å²) < 4.78 is 0. The fraction of sp³-hybridized carbons (Fsp3) is 0. The average molecular weight is 261 g/mol. The molecule has 0 bridgehead atoms. The summed E-state index contributed by atoms with van der Waals surface area (Å²) in [6.45, 7) is 0. The van der Waals surface area contributed by atoms with Crippen molar-refractivity contribution < 1.29 is 5.48 Å². The number of nitrogens with zero attached hydrogens (tertiary/aromatic N) is 3. The molecule has 0 amide bonds. The number of hydrazine groups is 1. The zero-order valence-corrected chi connectivity index (χ0v) is 10.0. The molecule has 0 aliphatic carbocycles. The molecule has 9 N–H and O–H groups in total. The van der Waals surface area contributed by atoms with Crippen LogP contribution in [0.3, 0.4) is 0 Å². The fourth-order valence-electron chi connectivity index (χ4n) is 1.59. The van der Waals surface area contributed by atoms with Gasteiger partial charge in [-0.25, -0.2) is 0 Å². The minimum atomic E-state index is 0. The van der Waals surface area contributed by atoms with E-state index < -0.39 is 0 Å². The number of H-pyrrole nitrogens is 1. The molecule has 0 spiro atoms. The molecule has 0 fully saturated rings. The van der Waals surface area contributed by atoms with E-state index in [0.717, 1.165) is 16.6 Å². The van der Waals surface area contributed by atoms with Gasteiger partial charge in [0.05, 0.1) is 11.1 Å². The third-order valence-electron chi connectivity index (χ3n) is 2.42. The van der Waals surface area contributed by atoms with Gasteiger partial charge in [-0.2, -0.15) is 5.10 Å². The first-order valence-electron chi connectivity index (χ1n) is 5.20. The van der Waals surface area contributed by atoms with E-state index in [2.05, 4.69) is 32.1 Å². The number of hydrogen-bond acceptors (Lipinski definition) is 6. The fourth-order valence-corrected chi connectivity index (χ4v) is 1.59. The molecule has 100 valence electrons. The van der Waals surface area contributed by atoms with E-state index >= 15 is 0 Å². The van der Waals surface area contributed by atoms with Crippen molar-refractivity contribution in [2.45, 2.75) is 0 Å². The summed E-state index contributed by atoms with van der Waals surface area (Å²) in [5.41, 5.74) is 8.13. The van der Waals surface area contributed by atoms with Gasteiger partial charge < -0.3 is 11.2 Å². The number of aromatic nitrogens is 4. The molecule has 19 heavy (non-hydrogen) atoms. The number of nitrogens with two attached hydrogens (primary N) is 3. The summed E-state index contributed by atoms with van der Waals surface area (Å²) in [5, 5.41) is 15.5. The summed E-state index contributed by atoms with van der Waals surface area (Å²) in [5.74, 6) is 8.45. The largest absolute Gasteiger partial charge is 0.412 e. The van der Waals surface area contributed by atoms with E-state index in [4.69, 9.17) is 5.73 Å². The first-order valence-corrected chi connectivity index (χ1v) is 5.20. The summed E-state index contributed by atoms with van der Waals surface area (Å²) in [4.78, 5) is 0. The Morgan fingerprint density at radius 3 is 2.37 bits per heavy atom. The highest BCUT2D eigenvalue weighted by molar-refractivity contribution is 5.87. The number of fused-ring (bicyclic) bond motifs is 1. The van der Waals surface area contributed by atoms with Crippen LogP contribution in [0.25, 0.3) is 22.3 Å². The molecule has 0 saturated heterocycles. The van der Waals surface area contributed by atoms with E-state index in [1.165, 1.54) is 0 Å². The van der Waals surface area contributed by atoms with Crippen molar-refractivity contribution in [1.29, 1.82) is 0 Å². The van der Waals surface area contributed by atoms with E-state index in [-0.39, 0.29) is 5.48 Å². The van der Waals surface area contributed by atoms with Gasteiger partial charge in [-0.3, -0.25) is 16.8 Å². The second kappa shape index (κ2) is 6.40. The lowest BCUT2D eigenvalue weighted by atomic mass is 10.1. The molecular formula is C11H15N7O. The Bertz CT molecular complexity index is 638. The highest BCUT2D eigenvalue weighted by Gasteiger charge is 2.06. The number of nitrogen functional groups attached to an aromatic ring is 1. The van der Waals surface area contributed by atoms with Crippen LogP contribution in [0.5, 0.6) is 0 Å². The monoisotopic (exact) mass is 261 g/mol.